The number of hydrogen-bond acceptors (Lipinski definition) is 2. The van der Waals surface area contributed by atoms with Crippen LogP contribution in [0, 0.1) is 0 Å². The molecule has 0 aliphatic heterocycles. The van der Waals surface area contributed by atoms with Crippen LogP contribution in [0.15, 0.2) is 30.3 Å². The molecular weight excluding hydrogens is 258 g/mol. The van der Waals surface area contributed by atoms with Gasteiger partial charge >= 0.3 is 0 Å². The Labute approximate surface area is 128 Å². The van der Waals surface area contributed by atoms with Crippen molar-refractivity contribution in [3.63, 3.8) is 0 Å². The van der Waals surface area contributed by atoms with E-state index in [4.69, 9.17) is 10.7 Å². The zero-order valence-electron chi connectivity index (χ0n) is 14.1. The molecule has 0 saturated carbocycles. The molecule has 1 heterocycles. The third-order valence-electron chi connectivity index (χ3n) is 3.55. The maximum atomic E-state index is 6.44. The maximum absolute atomic E-state index is 6.44. The Morgan fingerprint density at radius 2 is 1.57 bits per heavy atom. The van der Waals surface area contributed by atoms with E-state index in [2.05, 4.69) is 70.4 Å². The van der Waals surface area contributed by atoms with Crippen LogP contribution in [0.1, 0.15) is 58.6 Å². The molecule has 0 amide bonds. The topological polar surface area (TPSA) is 43.8 Å². The number of nitrogens with two attached hydrogens (primary N) is 1. The van der Waals surface area contributed by atoms with Gasteiger partial charge in [0.2, 0.25) is 0 Å². The summed E-state index contributed by atoms with van der Waals surface area (Å²) in [5.74, 6) is 1.84. The van der Waals surface area contributed by atoms with Gasteiger partial charge in [0.25, 0.3) is 0 Å². The normalized spacial score (nSPS) is 12.7. The molecule has 0 bridgehead atoms. The summed E-state index contributed by atoms with van der Waals surface area (Å²) in [6.45, 7) is 13.1. The predicted octanol–water partition coefficient (Wildman–Crippen LogP) is 4.11. The first-order chi connectivity index (χ1) is 9.60. The first-order valence-corrected chi connectivity index (χ1v) is 7.52. The molecule has 0 atom stereocenters. The predicted molar refractivity (Wildman–Crippen MR) is 89.6 cm³/mol. The molecule has 2 rings (SSSR count). The lowest BCUT2D eigenvalue weighted by atomic mass is 9.94. The number of anilines is 1. The second-order valence-corrected chi connectivity index (χ2v) is 7.69. The number of aromatic nitrogens is 2. The number of hydrogen-bond donors (Lipinski definition) is 1. The van der Waals surface area contributed by atoms with Crippen LogP contribution in [0.4, 0.5) is 5.82 Å². The highest BCUT2D eigenvalue weighted by molar-refractivity contribution is 5.43. The van der Waals surface area contributed by atoms with E-state index in [-0.39, 0.29) is 11.0 Å². The molecule has 0 spiro atoms. The van der Waals surface area contributed by atoms with Gasteiger partial charge in [-0.05, 0) is 26.3 Å². The van der Waals surface area contributed by atoms with Gasteiger partial charge in [-0.25, -0.2) is 4.98 Å². The lowest BCUT2D eigenvalue weighted by Crippen LogP contribution is -2.30. The third kappa shape index (κ3) is 3.29. The number of imidazole rings is 1. The van der Waals surface area contributed by atoms with Crippen molar-refractivity contribution in [3.05, 3.63) is 47.4 Å². The van der Waals surface area contributed by atoms with Crippen molar-refractivity contribution in [3.8, 4) is 0 Å². The van der Waals surface area contributed by atoms with E-state index < -0.39 is 0 Å². The minimum absolute atomic E-state index is 0.0314. The van der Waals surface area contributed by atoms with Gasteiger partial charge in [0.1, 0.15) is 11.6 Å². The Morgan fingerprint density at radius 3 is 2.00 bits per heavy atom. The highest BCUT2D eigenvalue weighted by Crippen LogP contribution is 2.32. The van der Waals surface area contributed by atoms with Crippen molar-refractivity contribution in [2.24, 2.45) is 0 Å². The summed E-state index contributed by atoms with van der Waals surface area (Å²) in [5.41, 5.74) is 8.54. The monoisotopic (exact) mass is 285 g/mol. The van der Waals surface area contributed by atoms with Gasteiger partial charge in [-0.1, -0.05) is 51.1 Å². The van der Waals surface area contributed by atoms with Crippen molar-refractivity contribution in [1.29, 1.82) is 0 Å². The summed E-state index contributed by atoms with van der Waals surface area (Å²) in [5, 5.41) is 0. The summed E-state index contributed by atoms with van der Waals surface area (Å²) in [7, 11) is 0. The maximum Gasteiger partial charge on any atom is 0.127 e. The van der Waals surface area contributed by atoms with Crippen molar-refractivity contribution in [2.75, 3.05) is 5.73 Å². The third-order valence-corrected chi connectivity index (χ3v) is 3.55. The fourth-order valence-electron chi connectivity index (χ4n) is 2.58. The Hall–Kier alpha value is -1.77. The zero-order valence-corrected chi connectivity index (χ0v) is 14.1. The molecule has 2 N–H and O–H groups in total. The molecule has 114 valence electrons. The van der Waals surface area contributed by atoms with Gasteiger partial charge < -0.3 is 10.3 Å². The zero-order chi connectivity index (χ0) is 15.8. The lowest BCUT2D eigenvalue weighted by Gasteiger charge is -2.29. The molecule has 0 aliphatic rings. The fourth-order valence-corrected chi connectivity index (χ4v) is 2.58. The second-order valence-electron chi connectivity index (χ2n) is 7.69. The van der Waals surface area contributed by atoms with Crippen molar-refractivity contribution >= 4 is 5.82 Å². The Bertz CT molecular complexity index is 610. The molecule has 2 aromatic rings. The summed E-state index contributed by atoms with van der Waals surface area (Å²) >= 11 is 0. The number of nitrogens with zero attached hydrogens (tertiary/aromatic N) is 2. The van der Waals surface area contributed by atoms with Crippen LogP contribution in [0.2, 0.25) is 0 Å². The molecule has 0 saturated heterocycles. The Morgan fingerprint density at radius 1 is 1.00 bits per heavy atom. The van der Waals surface area contributed by atoms with Crippen LogP contribution >= 0.6 is 0 Å². The molecule has 0 unspecified atom stereocenters. The largest absolute Gasteiger partial charge is 0.384 e. The van der Waals surface area contributed by atoms with E-state index in [1.807, 2.05) is 6.07 Å². The summed E-state index contributed by atoms with van der Waals surface area (Å²) in [6.07, 6.45) is 0.777. The number of rotatable bonds is 2. The van der Waals surface area contributed by atoms with Crippen LogP contribution < -0.4 is 5.73 Å². The van der Waals surface area contributed by atoms with Crippen molar-refractivity contribution < 1.29 is 0 Å². The number of nitrogen functional groups attached to an aromatic ring is 1. The van der Waals surface area contributed by atoms with Crippen molar-refractivity contribution in [1.82, 2.24) is 9.55 Å². The Kier molecular flexibility index (Phi) is 3.87. The van der Waals surface area contributed by atoms with Gasteiger partial charge in [0.05, 0.1) is 5.69 Å². The summed E-state index contributed by atoms with van der Waals surface area (Å²) < 4.78 is 2.19. The van der Waals surface area contributed by atoms with Crippen molar-refractivity contribution in [2.45, 2.75) is 58.9 Å². The van der Waals surface area contributed by atoms with Crippen LogP contribution in [-0.2, 0) is 17.4 Å². The van der Waals surface area contributed by atoms with E-state index in [1.165, 1.54) is 5.56 Å². The summed E-state index contributed by atoms with van der Waals surface area (Å²) in [4.78, 5) is 4.88. The molecular formula is C18H27N3. The van der Waals surface area contributed by atoms with Crippen LogP contribution in [0.3, 0.4) is 0 Å². The van der Waals surface area contributed by atoms with E-state index in [1.54, 1.807) is 0 Å². The van der Waals surface area contributed by atoms with E-state index >= 15 is 0 Å². The molecule has 3 nitrogen and oxygen atoms in total. The van der Waals surface area contributed by atoms with Gasteiger partial charge in [0.15, 0.2) is 0 Å². The molecule has 0 radical (unpaired) electrons. The van der Waals surface area contributed by atoms with E-state index in [9.17, 15) is 0 Å². The highest BCUT2D eigenvalue weighted by atomic mass is 15.2. The fraction of sp³-hybridized carbons (Fsp3) is 0.500. The minimum Gasteiger partial charge on any atom is -0.384 e. The lowest BCUT2D eigenvalue weighted by molar-refractivity contribution is 0.359. The Balaban J connectivity index is 2.52. The average molecular weight is 285 g/mol. The van der Waals surface area contributed by atoms with Gasteiger partial charge in [0, 0.05) is 17.4 Å². The van der Waals surface area contributed by atoms with E-state index in [0.717, 1.165) is 23.8 Å². The SMILES string of the molecule is CC(C)(C)c1nc(Cc2ccccc2)c(N)n1C(C)(C)C. The molecule has 21 heavy (non-hydrogen) atoms. The number of benzene rings is 1. The highest BCUT2D eigenvalue weighted by Gasteiger charge is 2.30. The first-order valence-electron chi connectivity index (χ1n) is 7.52. The van der Waals surface area contributed by atoms with Gasteiger partial charge in [-0.15, -0.1) is 0 Å². The van der Waals surface area contributed by atoms with Crippen LogP contribution in [-0.4, -0.2) is 9.55 Å². The first kappa shape index (κ1) is 15.6. The average Bonchev–Trinajstić information content (AvgIpc) is 2.68. The summed E-state index contributed by atoms with van der Waals surface area (Å²) in [6, 6.07) is 10.4. The quantitative estimate of drug-likeness (QED) is 0.902. The van der Waals surface area contributed by atoms with Crippen LogP contribution in [0.25, 0.3) is 0 Å². The second kappa shape index (κ2) is 5.21. The minimum atomic E-state index is -0.0748. The molecule has 0 fully saturated rings. The molecule has 1 aromatic carbocycles. The van der Waals surface area contributed by atoms with Crippen LogP contribution in [0.5, 0.6) is 0 Å². The molecule has 1 aromatic heterocycles. The van der Waals surface area contributed by atoms with Gasteiger partial charge in [-0.2, -0.15) is 0 Å². The van der Waals surface area contributed by atoms with E-state index in [0.29, 0.717) is 0 Å². The van der Waals surface area contributed by atoms with Gasteiger partial charge in [-0.3, -0.25) is 0 Å². The smallest absolute Gasteiger partial charge is 0.127 e. The molecule has 0 aliphatic carbocycles. The standard InChI is InChI=1S/C18H27N3/c1-17(2,3)16-20-14(12-13-10-8-7-9-11-13)15(19)21(16)18(4,5)6/h7-11H,12,19H2,1-6H3. The molecule has 3 heteroatoms.